The highest BCUT2D eigenvalue weighted by molar-refractivity contribution is 5.85. The molecule has 1 unspecified atom stereocenters. The molecule has 1 atom stereocenters. The predicted octanol–water partition coefficient (Wildman–Crippen LogP) is 1.86. The van der Waals surface area contributed by atoms with Gasteiger partial charge in [-0.05, 0) is 18.1 Å². The van der Waals surface area contributed by atoms with Crippen molar-refractivity contribution in [3.8, 4) is 0 Å². The Hall–Kier alpha value is -1.06. The Balaban J connectivity index is 0.00000128. The van der Waals surface area contributed by atoms with Crippen LogP contribution in [0.2, 0.25) is 0 Å². The third-order valence-electron chi connectivity index (χ3n) is 2.67. The van der Waals surface area contributed by atoms with Gasteiger partial charge < -0.3 is 10.1 Å². The number of esters is 1. The van der Waals surface area contributed by atoms with Crippen molar-refractivity contribution in [2.45, 2.75) is 19.4 Å². The largest absolute Gasteiger partial charge is 0.465 e. The number of carbonyl (C=O) groups excluding carboxylic acids is 1. The van der Waals surface area contributed by atoms with E-state index in [0.717, 1.165) is 12.1 Å². The monoisotopic (exact) mass is 241 g/mol. The maximum atomic E-state index is 11.7. The highest BCUT2D eigenvalue weighted by Crippen LogP contribution is 2.24. The van der Waals surface area contributed by atoms with Crippen molar-refractivity contribution in [3.63, 3.8) is 0 Å². The van der Waals surface area contributed by atoms with E-state index in [0.29, 0.717) is 13.2 Å². The summed E-state index contributed by atoms with van der Waals surface area (Å²) in [5.41, 5.74) is 2.30. The lowest BCUT2D eigenvalue weighted by Crippen LogP contribution is -2.33. The average molecular weight is 242 g/mol. The van der Waals surface area contributed by atoms with Crippen molar-refractivity contribution < 1.29 is 9.53 Å². The molecule has 0 saturated carbocycles. The fourth-order valence-corrected chi connectivity index (χ4v) is 1.95. The van der Waals surface area contributed by atoms with E-state index in [1.54, 1.807) is 0 Å². The van der Waals surface area contributed by atoms with Crippen LogP contribution in [0.3, 0.4) is 0 Å². The first-order valence-electron chi connectivity index (χ1n) is 5.28. The van der Waals surface area contributed by atoms with Crippen LogP contribution in [0, 0.1) is 0 Å². The number of nitrogens with one attached hydrogen (secondary N) is 1. The Bertz CT molecular complexity index is 368. The molecular weight excluding hydrogens is 226 g/mol. The number of hydrogen-bond donors (Lipinski definition) is 1. The summed E-state index contributed by atoms with van der Waals surface area (Å²) >= 11 is 0. The zero-order valence-corrected chi connectivity index (χ0v) is 10.0. The number of rotatable bonds is 2. The number of ether oxygens (including phenoxy) is 1. The fourth-order valence-electron chi connectivity index (χ4n) is 1.95. The minimum atomic E-state index is -0.144. The van der Waals surface area contributed by atoms with Crippen LogP contribution in [0.4, 0.5) is 0 Å². The fraction of sp³-hybridized carbons (Fsp3) is 0.417. The highest BCUT2D eigenvalue weighted by Gasteiger charge is 2.26. The molecule has 0 radical (unpaired) electrons. The van der Waals surface area contributed by atoms with Gasteiger partial charge >= 0.3 is 5.97 Å². The van der Waals surface area contributed by atoms with Gasteiger partial charge in [-0.2, -0.15) is 0 Å². The molecule has 1 aliphatic heterocycles. The van der Waals surface area contributed by atoms with Crippen molar-refractivity contribution in [2.24, 2.45) is 0 Å². The third-order valence-corrected chi connectivity index (χ3v) is 2.67. The number of hydrogen-bond acceptors (Lipinski definition) is 3. The van der Waals surface area contributed by atoms with Crippen molar-refractivity contribution >= 4 is 18.4 Å². The molecule has 1 aromatic carbocycles. The maximum absolute atomic E-state index is 11.7. The summed E-state index contributed by atoms with van der Waals surface area (Å²) in [4.78, 5) is 11.7. The zero-order chi connectivity index (χ0) is 10.7. The SMILES string of the molecule is CCOC(=O)C1CNCc2ccccc21.Cl. The van der Waals surface area contributed by atoms with E-state index in [9.17, 15) is 4.79 Å². The Morgan fingerprint density at radius 1 is 1.50 bits per heavy atom. The lowest BCUT2D eigenvalue weighted by atomic mass is 9.91. The van der Waals surface area contributed by atoms with Crippen molar-refractivity contribution in [1.29, 1.82) is 0 Å². The van der Waals surface area contributed by atoms with Gasteiger partial charge in [-0.25, -0.2) is 0 Å². The van der Waals surface area contributed by atoms with E-state index in [4.69, 9.17) is 4.74 Å². The molecule has 3 nitrogen and oxygen atoms in total. The molecule has 0 spiro atoms. The van der Waals surface area contributed by atoms with Crippen LogP contribution in [0.5, 0.6) is 0 Å². The van der Waals surface area contributed by atoms with Gasteiger partial charge in [0.25, 0.3) is 0 Å². The van der Waals surface area contributed by atoms with Crippen LogP contribution in [0.15, 0.2) is 24.3 Å². The molecule has 4 heteroatoms. The Morgan fingerprint density at radius 2 is 2.25 bits per heavy atom. The van der Waals surface area contributed by atoms with Crippen molar-refractivity contribution in [2.75, 3.05) is 13.2 Å². The predicted molar refractivity (Wildman–Crippen MR) is 64.8 cm³/mol. The van der Waals surface area contributed by atoms with Gasteiger partial charge in [-0.15, -0.1) is 12.4 Å². The molecule has 1 aromatic rings. The summed E-state index contributed by atoms with van der Waals surface area (Å²) < 4.78 is 5.06. The smallest absolute Gasteiger partial charge is 0.314 e. The normalized spacial score (nSPS) is 18.2. The summed E-state index contributed by atoms with van der Waals surface area (Å²) in [7, 11) is 0. The molecule has 1 heterocycles. The molecule has 16 heavy (non-hydrogen) atoms. The van der Waals surface area contributed by atoms with E-state index in [1.165, 1.54) is 5.56 Å². The van der Waals surface area contributed by atoms with Crippen molar-refractivity contribution in [1.82, 2.24) is 5.32 Å². The number of benzene rings is 1. The van der Waals surface area contributed by atoms with Gasteiger partial charge in [0.15, 0.2) is 0 Å². The average Bonchev–Trinajstić information content (AvgIpc) is 2.28. The molecule has 1 N–H and O–H groups in total. The highest BCUT2D eigenvalue weighted by atomic mass is 35.5. The van der Waals surface area contributed by atoms with E-state index in [-0.39, 0.29) is 24.3 Å². The zero-order valence-electron chi connectivity index (χ0n) is 9.23. The summed E-state index contributed by atoms with van der Waals surface area (Å²) in [5, 5.41) is 3.23. The van der Waals surface area contributed by atoms with Crippen LogP contribution < -0.4 is 5.32 Å². The molecule has 0 saturated heterocycles. The van der Waals surface area contributed by atoms with E-state index < -0.39 is 0 Å². The second-order valence-corrected chi connectivity index (χ2v) is 3.63. The van der Waals surface area contributed by atoms with Crippen LogP contribution in [-0.4, -0.2) is 19.1 Å². The van der Waals surface area contributed by atoms with E-state index in [2.05, 4.69) is 5.32 Å². The Labute approximate surface area is 102 Å². The molecular formula is C12H16ClNO2. The quantitative estimate of drug-likeness (QED) is 0.804. The summed E-state index contributed by atoms with van der Waals surface area (Å²) in [6.07, 6.45) is 0. The minimum Gasteiger partial charge on any atom is -0.465 e. The van der Waals surface area contributed by atoms with Gasteiger partial charge in [-0.1, -0.05) is 24.3 Å². The third kappa shape index (κ3) is 2.54. The molecule has 1 aliphatic rings. The van der Waals surface area contributed by atoms with Gasteiger partial charge in [0.05, 0.1) is 12.5 Å². The molecule has 0 amide bonds. The first kappa shape index (κ1) is 13.0. The van der Waals surface area contributed by atoms with Gasteiger partial charge in [0, 0.05) is 13.1 Å². The lowest BCUT2D eigenvalue weighted by molar-refractivity contribution is -0.145. The minimum absolute atomic E-state index is 0. The number of carbonyl (C=O) groups is 1. The summed E-state index contributed by atoms with van der Waals surface area (Å²) in [6.45, 7) is 3.79. The maximum Gasteiger partial charge on any atom is 0.314 e. The lowest BCUT2D eigenvalue weighted by Gasteiger charge is -2.24. The van der Waals surface area contributed by atoms with Gasteiger partial charge in [0.1, 0.15) is 0 Å². The summed E-state index contributed by atoms with van der Waals surface area (Å²) in [5.74, 6) is -0.271. The Morgan fingerprint density at radius 3 is 3.00 bits per heavy atom. The van der Waals surface area contributed by atoms with Gasteiger partial charge in [0.2, 0.25) is 0 Å². The standard InChI is InChI=1S/C12H15NO2.ClH/c1-2-15-12(14)11-8-13-7-9-5-3-4-6-10(9)11;/h3-6,11,13H,2,7-8H2,1H3;1H. The van der Waals surface area contributed by atoms with Crippen molar-refractivity contribution in [3.05, 3.63) is 35.4 Å². The first-order chi connectivity index (χ1) is 7.33. The first-order valence-corrected chi connectivity index (χ1v) is 5.28. The molecule has 0 bridgehead atoms. The van der Waals surface area contributed by atoms with Gasteiger partial charge in [-0.3, -0.25) is 4.79 Å². The molecule has 88 valence electrons. The topological polar surface area (TPSA) is 38.3 Å². The van der Waals surface area contributed by atoms with Crippen LogP contribution in [0.25, 0.3) is 0 Å². The van der Waals surface area contributed by atoms with E-state index in [1.807, 2.05) is 31.2 Å². The number of halogens is 1. The molecule has 0 aliphatic carbocycles. The second kappa shape index (κ2) is 5.87. The van der Waals surface area contributed by atoms with Crippen LogP contribution >= 0.6 is 12.4 Å². The van der Waals surface area contributed by atoms with Crippen LogP contribution in [0.1, 0.15) is 24.0 Å². The summed E-state index contributed by atoms with van der Waals surface area (Å²) in [6, 6.07) is 8.02. The second-order valence-electron chi connectivity index (χ2n) is 3.63. The van der Waals surface area contributed by atoms with Crippen LogP contribution in [-0.2, 0) is 16.1 Å². The molecule has 0 aromatic heterocycles. The van der Waals surface area contributed by atoms with E-state index >= 15 is 0 Å². The Kier molecular flexibility index (Phi) is 4.77. The molecule has 0 fully saturated rings. The molecule has 2 rings (SSSR count). The number of fused-ring (bicyclic) bond motifs is 1.